The maximum absolute atomic E-state index is 11.5. The summed E-state index contributed by atoms with van der Waals surface area (Å²) in [5.74, 6) is 0. The van der Waals surface area contributed by atoms with Crippen molar-refractivity contribution in [3.05, 3.63) is 16.8 Å². The van der Waals surface area contributed by atoms with Crippen molar-refractivity contribution in [2.24, 2.45) is 0 Å². The van der Waals surface area contributed by atoms with E-state index in [2.05, 4.69) is 9.94 Å². The average Bonchev–Trinajstić information content (AvgIpc) is 2.29. The molecular formula is C4H4F3N3O2. The summed E-state index contributed by atoms with van der Waals surface area (Å²) >= 11 is 0. The van der Waals surface area contributed by atoms with Gasteiger partial charge in [0.05, 0.1) is 0 Å². The Morgan fingerprint density at radius 3 is 2.75 bits per heavy atom. The normalized spacial score (nSPS) is 11.6. The Balaban J connectivity index is 2.55. The van der Waals surface area contributed by atoms with E-state index < -0.39 is 18.5 Å². The highest BCUT2D eigenvalue weighted by Gasteiger charge is 2.29. The molecule has 0 saturated carbocycles. The number of H-pyrrole nitrogens is 1. The summed E-state index contributed by atoms with van der Waals surface area (Å²) in [5.41, 5.74) is -0.848. The van der Waals surface area contributed by atoms with Gasteiger partial charge in [0.1, 0.15) is 6.33 Å². The topological polar surface area (TPSA) is 59.9 Å². The minimum Gasteiger partial charge on any atom is -0.383 e. The molecule has 0 aliphatic carbocycles. The standard InChI is InChI=1S/C4H4F3N3O2/c5-4(6,7)1-12-10-3(11)8-2-9-10/h2H,1H2,(H,8,9,11). The lowest BCUT2D eigenvalue weighted by Gasteiger charge is -2.05. The van der Waals surface area contributed by atoms with Crippen molar-refractivity contribution < 1.29 is 18.0 Å². The molecule has 1 aromatic heterocycles. The van der Waals surface area contributed by atoms with Gasteiger partial charge in [0.25, 0.3) is 0 Å². The number of hydrogen-bond donors (Lipinski definition) is 1. The van der Waals surface area contributed by atoms with Gasteiger partial charge in [-0.25, -0.2) is 4.79 Å². The third kappa shape index (κ3) is 2.29. The third-order valence-electron chi connectivity index (χ3n) is 0.875. The molecule has 0 aliphatic rings. The Morgan fingerprint density at radius 1 is 1.67 bits per heavy atom. The second kappa shape index (κ2) is 2.88. The smallest absolute Gasteiger partial charge is 0.383 e. The van der Waals surface area contributed by atoms with Crippen molar-refractivity contribution in [3.8, 4) is 0 Å². The molecule has 1 rings (SSSR count). The molecule has 0 aromatic carbocycles. The number of rotatable bonds is 2. The van der Waals surface area contributed by atoms with Crippen molar-refractivity contribution in [2.45, 2.75) is 6.18 Å². The van der Waals surface area contributed by atoms with Crippen LogP contribution in [-0.4, -0.2) is 27.7 Å². The molecule has 0 amide bonds. The quantitative estimate of drug-likeness (QED) is 0.676. The second-order valence-corrected chi connectivity index (χ2v) is 1.86. The van der Waals surface area contributed by atoms with Gasteiger partial charge in [-0.2, -0.15) is 13.2 Å². The summed E-state index contributed by atoms with van der Waals surface area (Å²) in [6, 6.07) is 0. The Bertz CT molecular complexity index is 301. The molecule has 0 saturated heterocycles. The molecule has 68 valence electrons. The third-order valence-corrected chi connectivity index (χ3v) is 0.875. The summed E-state index contributed by atoms with van der Waals surface area (Å²) < 4.78 is 34.5. The first-order chi connectivity index (χ1) is 5.49. The van der Waals surface area contributed by atoms with Crippen molar-refractivity contribution in [1.29, 1.82) is 0 Å². The molecule has 12 heavy (non-hydrogen) atoms. The number of nitrogens with zero attached hydrogens (tertiary/aromatic N) is 2. The van der Waals surface area contributed by atoms with Crippen LogP contribution in [0.25, 0.3) is 0 Å². The zero-order valence-corrected chi connectivity index (χ0v) is 5.63. The molecule has 1 aromatic rings. The minimum atomic E-state index is -4.47. The van der Waals surface area contributed by atoms with Gasteiger partial charge in [-0.05, 0) is 4.85 Å². The molecule has 0 fully saturated rings. The number of aromatic amines is 1. The first-order valence-electron chi connectivity index (χ1n) is 2.82. The number of aromatic nitrogens is 3. The van der Waals surface area contributed by atoms with Gasteiger partial charge >= 0.3 is 11.9 Å². The summed E-state index contributed by atoms with van der Waals surface area (Å²) in [4.78, 5) is 16.7. The van der Waals surface area contributed by atoms with Crippen LogP contribution in [0, 0.1) is 0 Å². The number of halogens is 3. The van der Waals surface area contributed by atoms with E-state index in [1.54, 1.807) is 0 Å². The largest absolute Gasteiger partial charge is 0.425 e. The molecule has 0 bridgehead atoms. The Morgan fingerprint density at radius 2 is 2.33 bits per heavy atom. The van der Waals surface area contributed by atoms with E-state index in [4.69, 9.17) is 0 Å². The van der Waals surface area contributed by atoms with Crippen molar-refractivity contribution >= 4 is 0 Å². The van der Waals surface area contributed by atoms with Gasteiger partial charge in [-0.3, -0.25) is 4.98 Å². The second-order valence-electron chi connectivity index (χ2n) is 1.86. The highest BCUT2D eigenvalue weighted by molar-refractivity contribution is 4.55. The van der Waals surface area contributed by atoms with Gasteiger partial charge in [0.15, 0.2) is 0 Å². The number of nitrogens with one attached hydrogen (secondary N) is 1. The fourth-order valence-corrected chi connectivity index (χ4v) is 0.470. The summed E-state index contributed by atoms with van der Waals surface area (Å²) in [5, 5.41) is 3.15. The van der Waals surface area contributed by atoms with Gasteiger partial charge < -0.3 is 4.84 Å². The molecule has 1 heterocycles. The average molecular weight is 183 g/mol. The zero-order chi connectivity index (χ0) is 9.19. The molecule has 5 nitrogen and oxygen atoms in total. The Hall–Kier alpha value is -1.47. The van der Waals surface area contributed by atoms with Crippen LogP contribution in [0.1, 0.15) is 0 Å². The zero-order valence-electron chi connectivity index (χ0n) is 5.63. The van der Waals surface area contributed by atoms with Crippen LogP contribution in [0.15, 0.2) is 11.1 Å². The van der Waals surface area contributed by atoms with E-state index >= 15 is 0 Å². The predicted octanol–water partition coefficient (Wildman–Crippen LogP) is -0.438. The molecule has 1 N–H and O–H groups in total. The van der Waals surface area contributed by atoms with Gasteiger partial charge in [-0.1, -0.05) is 0 Å². The van der Waals surface area contributed by atoms with Crippen LogP contribution in [0.2, 0.25) is 0 Å². The monoisotopic (exact) mass is 183 g/mol. The first-order valence-corrected chi connectivity index (χ1v) is 2.82. The predicted molar refractivity (Wildman–Crippen MR) is 30.3 cm³/mol. The number of alkyl halides is 3. The van der Waals surface area contributed by atoms with Crippen LogP contribution in [-0.2, 0) is 0 Å². The molecule has 0 unspecified atom stereocenters. The molecule has 8 heteroatoms. The molecule has 0 aliphatic heterocycles. The summed E-state index contributed by atoms with van der Waals surface area (Å²) in [7, 11) is 0. The van der Waals surface area contributed by atoms with Crippen LogP contribution in [0.4, 0.5) is 13.2 Å². The highest BCUT2D eigenvalue weighted by Crippen LogP contribution is 2.12. The van der Waals surface area contributed by atoms with E-state index in [1.807, 2.05) is 4.98 Å². The fourth-order valence-electron chi connectivity index (χ4n) is 0.470. The fraction of sp³-hybridized carbons (Fsp3) is 0.500. The highest BCUT2D eigenvalue weighted by atomic mass is 19.4. The maximum Gasteiger partial charge on any atom is 0.425 e. The van der Waals surface area contributed by atoms with Crippen LogP contribution >= 0.6 is 0 Å². The molecule has 0 atom stereocenters. The van der Waals surface area contributed by atoms with Crippen molar-refractivity contribution in [3.63, 3.8) is 0 Å². The van der Waals surface area contributed by atoms with Gasteiger partial charge in [-0.15, -0.1) is 5.10 Å². The van der Waals surface area contributed by atoms with E-state index in [0.29, 0.717) is 0 Å². The lowest BCUT2D eigenvalue weighted by Crippen LogP contribution is -2.32. The van der Waals surface area contributed by atoms with Gasteiger partial charge in [0.2, 0.25) is 6.61 Å². The van der Waals surface area contributed by atoms with Crippen molar-refractivity contribution in [1.82, 2.24) is 14.9 Å². The minimum absolute atomic E-state index is 0.230. The molecule has 0 spiro atoms. The SMILES string of the molecule is O=c1[nH]cnn1OCC(F)(F)F. The maximum atomic E-state index is 11.5. The Labute approximate surface area is 63.7 Å². The van der Waals surface area contributed by atoms with Gasteiger partial charge in [0, 0.05) is 0 Å². The van der Waals surface area contributed by atoms with Crippen LogP contribution in [0.3, 0.4) is 0 Å². The molecule has 0 radical (unpaired) electrons. The van der Waals surface area contributed by atoms with Crippen molar-refractivity contribution in [2.75, 3.05) is 6.61 Å². The summed E-state index contributed by atoms with van der Waals surface area (Å²) in [6.07, 6.45) is -3.54. The first kappa shape index (κ1) is 8.62. The number of hydrogen-bond acceptors (Lipinski definition) is 3. The van der Waals surface area contributed by atoms with E-state index in [1.165, 1.54) is 0 Å². The van der Waals surface area contributed by atoms with E-state index in [-0.39, 0.29) is 4.85 Å². The lowest BCUT2D eigenvalue weighted by molar-refractivity contribution is -0.179. The van der Waals surface area contributed by atoms with E-state index in [0.717, 1.165) is 6.33 Å². The summed E-state index contributed by atoms with van der Waals surface area (Å²) in [6.45, 7) is -1.54. The van der Waals surface area contributed by atoms with Crippen LogP contribution < -0.4 is 10.5 Å². The Kier molecular flexibility index (Phi) is 2.07. The molecular weight excluding hydrogens is 179 g/mol. The van der Waals surface area contributed by atoms with Crippen LogP contribution in [0.5, 0.6) is 0 Å². The lowest BCUT2D eigenvalue weighted by atomic mass is 10.7. The van der Waals surface area contributed by atoms with E-state index in [9.17, 15) is 18.0 Å².